The Balaban J connectivity index is 1.57. The quantitative estimate of drug-likeness (QED) is 0.446. The van der Waals surface area contributed by atoms with Crippen LogP contribution in [0.15, 0.2) is 41.6 Å². The van der Waals surface area contributed by atoms with Crippen LogP contribution in [-0.4, -0.2) is 45.0 Å². The molecule has 1 N–H and O–H groups in total. The van der Waals surface area contributed by atoms with E-state index in [1.165, 1.54) is 12.1 Å². The monoisotopic (exact) mass is 404 g/mol. The molecule has 2 aromatic rings. The van der Waals surface area contributed by atoms with Crippen molar-refractivity contribution in [2.45, 2.75) is 0 Å². The Hall–Kier alpha value is -3.05. The molecule has 3 rings (SSSR count). The zero-order valence-electron chi connectivity index (χ0n) is 13.7. The summed E-state index contributed by atoms with van der Waals surface area (Å²) in [6.07, 6.45) is 4.77. The summed E-state index contributed by atoms with van der Waals surface area (Å²) >= 11 is 1.58. The van der Waals surface area contributed by atoms with Crippen molar-refractivity contribution in [2.75, 3.05) is 13.1 Å². The number of nitrogens with zero attached hydrogens (tertiary/aromatic N) is 3. The molecule has 0 spiro atoms. The largest absolute Gasteiger partial charge is 0.350 e. The number of hydrogen-bond donors (Lipinski definition) is 1. The number of hydrogen-bond acceptors (Lipinski definition) is 8. The van der Waals surface area contributed by atoms with Gasteiger partial charge in [0.1, 0.15) is 0 Å². The minimum absolute atomic E-state index is 0.00819. The number of aromatic nitrogens is 1. The highest BCUT2D eigenvalue weighted by Gasteiger charge is 2.34. The Morgan fingerprint density at radius 1 is 1.33 bits per heavy atom. The second-order valence-electron chi connectivity index (χ2n) is 5.27. The van der Waals surface area contributed by atoms with E-state index in [4.69, 9.17) is 0 Å². The maximum absolute atomic E-state index is 12.4. The fourth-order valence-corrected chi connectivity index (χ4v) is 3.82. The molecule has 0 radical (unpaired) electrons. The second-order valence-corrected chi connectivity index (χ2v) is 7.33. The molecule has 138 valence electrons. The Morgan fingerprint density at radius 3 is 2.81 bits per heavy atom. The van der Waals surface area contributed by atoms with E-state index in [1.807, 2.05) is 0 Å². The van der Waals surface area contributed by atoms with Crippen molar-refractivity contribution in [3.8, 4) is 0 Å². The highest BCUT2D eigenvalue weighted by atomic mass is 32.2. The van der Waals surface area contributed by atoms with Gasteiger partial charge < -0.3 is 5.32 Å². The number of nitrogens with one attached hydrogen (secondary N) is 1. The van der Waals surface area contributed by atoms with Crippen molar-refractivity contribution in [1.29, 1.82) is 0 Å². The smallest absolute Gasteiger partial charge is 0.324 e. The molecule has 9 nitrogen and oxygen atoms in total. The van der Waals surface area contributed by atoms with Gasteiger partial charge in [-0.15, -0.1) is 0 Å². The van der Waals surface area contributed by atoms with Gasteiger partial charge in [0.25, 0.3) is 17.1 Å². The number of rotatable bonds is 6. The number of carbonyl (C=O) groups is 3. The lowest BCUT2D eigenvalue weighted by Crippen LogP contribution is -2.37. The molecule has 1 aliphatic rings. The molecule has 0 atom stereocenters. The van der Waals surface area contributed by atoms with E-state index in [9.17, 15) is 24.5 Å². The topological polar surface area (TPSA) is 123 Å². The van der Waals surface area contributed by atoms with E-state index in [2.05, 4.69) is 10.3 Å². The minimum atomic E-state index is -0.573. The van der Waals surface area contributed by atoms with Crippen LogP contribution in [0.1, 0.15) is 15.2 Å². The molecule has 0 aliphatic carbocycles. The molecule has 0 aromatic carbocycles. The van der Waals surface area contributed by atoms with E-state index in [0.717, 1.165) is 28.0 Å². The molecule has 2 aromatic heterocycles. The third-order valence-corrected chi connectivity index (χ3v) is 5.42. The van der Waals surface area contributed by atoms with E-state index >= 15 is 0 Å². The van der Waals surface area contributed by atoms with Crippen molar-refractivity contribution in [3.05, 3.63) is 62.1 Å². The third-order valence-electron chi connectivity index (χ3n) is 3.47. The second kappa shape index (κ2) is 8.10. The van der Waals surface area contributed by atoms with Crippen LogP contribution in [0.5, 0.6) is 0 Å². The maximum Gasteiger partial charge on any atom is 0.324 e. The molecule has 0 saturated carbocycles. The molecule has 0 unspecified atom stereocenters. The number of imide groups is 1. The lowest BCUT2D eigenvalue weighted by atomic mass is 10.2. The highest BCUT2D eigenvalue weighted by Crippen LogP contribution is 2.31. The van der Waals surface area contributed by atoms with Crippen molar-refractivity contribution in [2.24, 2.45) is 0 Å². The molecule has 1 saturated heterocycles. The lowest BCUT2D eigenvalue weighted by molar-refractivity contribution is -0.380. The summed E-state index contributed by atoms with van der Waals surface area (Å²) in [5, 5.41) is 12.6. The van der Waals surface area contributed by atoms with Gasteiger partial charge in [-0.2, -0.15) is 0 Å². The van der Waals surface area contributed by atoms with Gasteiger partial charge in [0.15, 0.2) is 0 Å². The van der Waals surface area contributed by atoms with Gasteiger partial charge in [0, 0.05) is 31.5 Å². The average Bonchev–Trinajstić information content (AvgIpc) is 3.24. The van der Waals surface area contributed by atoms with Crippen LogP contribution >= 0.6 is 23.1 Å². The van der Waals surface area contributed by atoms with Crippen molar-refractivity contribution >= 4 is 51.2 Å². The van der Waals surface area contributed by atoms with E-state index in [0.29, 0.717) is 5.56 Å². The fourth-order valence-electron chi connectivity index (χ4n) is 2.22. The summed E-state index contributed by atoms with van der Waals surface area (Å²) in [5.41, 5.74) is 0.704. The lowest BCUT2D eigenvalue weighted by Gasteiger charge is -2.12. The maximum atomic E-state index is 12.4. The summed E-state index contributed by atoms with van der Waals surface area (Å²) in [4.78, 5) is 51.9. The molecule has 1 aliphatic heterocycles. The summed E-state index contributed by atoms with van der Waals surface area (Å²) < 4.78 is 0. The first-order chi connectivity index (χ1) is 13.0. The van der Waals surface area contributed by atoms with Crippen LogP contribution in [-0.2, 0) is 4.79 Å². The minimum Gasteiger partial charge on any atom is -0.350 e. The van der Waals surface area contributed by atoms with Crippen molar-refractivity contribution in [3.63, 3.8) is 0 Å². The Morgan fingerprint density at radius 2 is 2.15 bits per heavy atom. The zero-order valence-corrected chi connectivity index (χ0v) is 15.3. The van der Waals surface area contributed by atoms with Crippen molar-refractivity contribution < 1.29 is 19.3 Å². The third kappa shape index (κ3) is 4.38. The number of thioether (sulfide) groups is 1. The van der Waals surface area contributed by atoms with Gasteiger partial charge in [-0.05, 0) is 35.5 Å². The Labute approximate surface area is 161 Å². The van der Waals surface area contributed by atoms with Gasteiger partial charge >= 0.3 is 5.00 Å². The average molecular weight is 404 g/mol. The Bertz CT molecular complexity index is 941. The fraction of sp³-hybridized carbons (Fsp3) is 0.125. The predicted octanol–water partition coefficient (Wildman–Crippen LogP) is 2.52. The number of thiophene rings is 1. The first-order valence-electron chi connectivity index (χ1n) is 7.63. The summed E-state index contributed by atoms with van der Waals surface area (Å²) in [5.74, 6) is -0.930. The van der Waals surface area contributed by atoms with Gasteiger partial charge in [0.05, 0.1) is 14.7 Å². The number of pyridine rings is 1. The van der Waals surface area contributed by atoms with Gasteiger partial charge in [-0.1, -0.05) is 17.4 Å². The predicted molar refractivity (Wildman–Crippen MR) is 100 cm³/mol. The SMILES string of the molecule is O=C(NCCN1C(=O)SC(=Cc2cccnc2)C1=O)c1ccc([N+](=O)[O-])s1. The molecule has 1 fully saturated rings. The summed E-state index contributed by atoms with van der Waals surface area (Å²) in [6.45, 7) is 0.0526. The normalized spacial score (nSPS) is 15.4. The van der Waals surface area contributed by atoms with E-state index in [1.54, 1.807) is 30.6 Å². The van der Waals surface area contributed by atoms with Crippen LogP contribution in [0.3, 0.4) is 0 Å². The number of amides is 3. The first-order valence-corrected chi connectivity index (χ1v) is 9.27. The highest BCUT2D eigenvalue weighted by molar-refractivity contribution is 8.18. The summed E-state index contributed by atoms with van der Waals surface area (Å²) in [6, 6.07) is 6.09. The van der Waals surface area contributed by atoms with Gasteiger partial charge in [-0.25, -0.2) is 0 Å². The molecule has 11 heteroatoms. The van der Waals surface area contributed by atoms with Crippen LogP contribution in [0, 0.1) is 10.1 Å². The summed E-state index contributed by atoms with van der Waals surface area (Å²) in [7, 11) is 0. The van der Waals surface area contributed by atoms with E-state index in [-0.39, 0.29) is 27.9 Å². The number of carbonyl (C=O) groups excluding carboxylic acids is 3. The van der Waals surface area contributed by atoms with Crippen LogP contribution < -0.4 is 5.32 Å². The zero-order chi connectivity index (χ0) is 19.4. The van der Waals surface area contributed by atoms with Crippen molar-refractivity contribution in [1.82, 2.24) is 15.2 Å². The van der Waals surface area contributed by atoms with Crippen LogP contribution in [0.2, 0.25) is 0 Å². The number of nitro groups is 1. The molecule has 3 heterocycles. The van der Waals surface area contributed by atoms with Crippen LogP contribution in [0.25, 0.3) is 6.08 Å². The molecular weight excluding hydrogens is 392 g/mol. The first kappa shape index (κ1) is 18.7. The molecule has 0 bridgehead atoms. The Kier molecular flexibility index (Phi) is 5.62. The standard InChI is InChI=1S/C16H12N4O5S2/c21-14(11-3-4-13(26-11)20(24)25)18-6-7-19-15(22)12(27-16(19)23)8-10-2-1-5-17-9-10/h1-5,8-9H,6-7H2,(H,18,21). The van der Waals surface area contributed by atoms with Gasteiger partial charge in [-0.3, -0.25) is 34.4 Å². The van der Waals surface area contributed by atoms with Crippen LogP contribution in [0.4, 0.5) is 9.80 Å². The van der Waals surface area contributed by atoms with E-state index < -0.39 is 22.0 Å². The molecule has 3 amide bonds. The molecule has 27 heavy (non-hydrogen) atoms. The molecular formula is C16H12N4O5S2. The van der Waals surface area contributed by atoms with Gasteiger partial charge in [0.2, 0.25) is 0 Å².